The summed E-state index contributed by atoms with van der Waals surface area (Å²) in [5, 5.41) is 12.5. The second-order valence-electron chi connectivity index (χ2n) is 4.75. The van der Waals surface area contributed by atoms with Crippen molar-refractivity contribution in [3.8, 4) is 0 Å². The Labute approximate surface area is 130 Å². The van der Waals surface area contributed by atoms with Crippen molar-refractivity contribution in [1.29, 1.82) is 0 Å². The minimum atomic E-state index is -0.526. The van der Waals surface area contributed by atoms with Gasteiger partial charge in [0.2, 0.25) is 5.95 Å². The Morgan fingerprint density at radius 2 is 1.91 bits per heavy atom. The van der Waals surface area contributed by atoms with Gasteiger partial charge in [-0.3, -0.25) is 14.9 Å². The zero-order chi connectivity index (χ0) is 15.5. The van der Waals surface area contributed by atoms with E-state index in [0.717, 1.165) is 4.88 Å². The second-order valence-corrected chi connectivity index (χ2v) is 5.70. The maximum absolute atomic E-state index is 12.2. The normalized spacial score (nSPS) is 14.9. The van der Waals surface area contributed by atoms with E-state index in [-0.39, 0.29) is 11.6 Å². The largest absolute Gasteiger partial charge is 0.337 e. The molecule has 0 aliphatic carbocycles. The standard InChI is InChI=1S/C13H13N5O3S/c19-12(11-2-1-7-22-11)16-3-5-17(6-4-16)13-14-8-10(9-15-13)18(20)21/h1-2,7-9H,3-6H2. The summed E-state index contributed by atoms with van der Waals surface area (Å²) in [5.74, 6) is 0.494. The molecule has 3 heterocycles. The molecule has 0 N–H and O–H groups in total. The Hall–Kier alpha value is -2.55. The number of carbonyl (C=O) groups excluding carboxylic acids is 1. The van der Waals surface area contributed by atoms with E-state index in [1.165, 1.54) is 23.7 Å². The molecule has 1 aliphatic rings. The van der Waals surface area contributed by atoms with Gasteiger partial charge in [0, 0.05) is 26.2 Å². The summed E-state index contributed by atoms with van der Waals surface area (Å²) in [6.45, 7) is 2.37. The minimum absolute atomic E-state index is 0.0410. The Kier molecular flexibility index (Phi) is 3.96. The summed E-state index contributed by atoms with van der Waals surface area (Å²) in [7, 11) is 0. The van der Waals surface area contributed by atoms with E-state index >= 15 is 0 Å². The van der Waals surface area contributed by atoms with Crippen molar-refractivity contribution in [2.45, 2.75) is 0 Å². The van der Waals surface area contributed by atoms with Gasteiger partial charge in [-0.15, -0.1) is 11.3 Å². The highest BCUT2D eigenvalue weighted by molar-refractivity contribution is 7.12. The van der Waals surface area contributed by atoms with Gasteiger partial charge in [-0.05, 0) is 11.4 Å². The Morgan fingerprint density at radius 3 is 2.45 bits per heavy atom. The van der Waals surface area contributed by atoms with Crippen LogP contribution in [0.15, 0.2) is 29.9 Å². The fraction of sp³-hybridized carbons (Fsp3) is 0.308. The third-order valence-corrected chi connectivity index (χ3v) is 4.27. The predicted molar refractivity (Wildman–Crippen MR) is 81.1 cm³/mol. The third kappa shape index (κ3) is 2.89. The van der Waals surface area contributed by atoms with E-state index in [4.69, 9.17) is 0 Å². The number of hydrogen-bond acceptors (Lipinski definition) is 7. The van der Waals surface area contributed by atoms with Crippen molar-refractivity contribution in [3.63, 3.8) is 0 Å². The van der Waals surface area contributed by atoms with Gasteiger partial charge in [0.1, 0.15) is 12.4 Å². The lowest BCUT2D eigenvalue weighted by Gasteiger charge is -2.34. The van der Waals surface area contributed by atoms with E-state index in [0.29, 0.717) is 32.1 Å². The highest BCUT2D eigenvalue weighted by Crippen LogP contribution is 2.17. The molecule has 0 saturated carbocycles. The number of anilines is 1. The van der Waals surface area contributed by atoms with Crippen molar-refractivity contribution < 1.29 is 9.72 Å². The zero-order valence-corrected chi connectivity index (χ0v) is 12.4. The Morgan fingerprint density at radius 1 is 1.23 bits per heavy atom. The van der Waals surface area contributed by atoms with Gasteiger partial charge in [0.15, 0.2) is 0 Å². The molecule has 114 valence electrons. The summed E-state index contributed by atoms with van der Waals surface area (Å²) in [6.07, 6.45) is 2.40. The summed E-state index contributed by atoms with van der Waals surface area (Å²) in [4.78, 5) is 34.8. The molecule has 22 heavy (non-hydrogen) atoms. The fourth-order valence-electron chi connectivity index (χ4n) is 2.24. The quantitative estimate of drug-likeness (QED) is 0.627. The average molecular weight is 319 g/mol. The van der Waals surface area contributed by atoms with Crippen LogP contribution in [-0.2, 0) is 0 Å². The number of carbonyl (C=O) groups is 1. The molecule has 1 aliphatic heterocycles. The minimum Gasteiger partial charge on any atom is -0.337 e. The molecule has 0 atom stereocenters. The van der Waals surface area contributed by atoms with Crippen LogP contribution in [0.2, 0.25) is 0 Å². The highest BCUT2D eigenvalue weighted by Gasteiger charge is 2.24. The molecule has 2 aromatic rings. The SMILES string of the molecule is O=C(c1cccs1)N1CCN(c2ncc([N+](=O)[O-])cn2)CC1. The monoisotopic (exact) mass is 319 g/mol. The van der Waals surface area contributed by atoms with Crippen LogP contribution in [0.4, 0.5) is 11.6 Å². The maximum atomic E-state index is 12.2. The fourth-order valence-corrected chi connectivity index (χ4v) is 2.93. The lowest BCUT2D eigenvalue weighted by Crippen LogP contribution is -2.49. The van der Waals surface area contributed by atoms with Gasteiger partial charge in [-0.25, -0.2) is 9.97 Å². The summed E-state index contributed by atoms with van der Waals surface area (Å²) in [5.41, 5.74) is -0.129. The molecule has 9 heteroatoms. The van der Waals surface area contributed by atoms with Crippen molar-refractivity contribution in [3.05, 3.63) is 44.9 Å². The van der Waals surface area contributed by atoms with Crippen molar-refractivity contribution in [2.24, 2.45) is 0 Å². The average Bonchev–Trinajstić information content (AvgIpc) is 3.09. The number of nitrogens with zero attached hydrogens (tertiary/aromatic N) is 5. The number of rotatable bonds is 3. The van der Waals surface area contributed by atoms with Gasteiger partial charge >= 0.3 is 5.69 Å². The number of nitro groups is 1. The van der Waals surface area contributed by atoms with Gasteiger partial charge in [0.05, 0.1) is 9.80 Å². The van der Waals surface area contributed by atoms with Crippen molar-refractivity contribution >= 4 is 28.9 Å². The molecule has 1 saturated heterocycles. The van der Waals surface area contributed by atoms with E-state index in [9.17, 15) is 14.9 Å². The first kappa shape index (κ1) is 14.4. The number of thiophene rings is 1. The summed E-state index contributed by atoms with van der Waals surface area (Å²) in [6, 6.07) is 3.68. The first-order valence-corrected chi connectivity index (χ1v) is 7.57. The highest BCUT2D eigenvalue weighted by atomic mass is 32.1. The Balaban J connectivity index is 1.62. The number of piperazine rings is 1. The predicted octanol–water partition coefficient (Wildman–Crippen LogP) is 1.41. The second kappa shape index (κ2) is 6.06. The Bertz CT molecular complexity index is 665. The van der Waals surface area contributed by atoms with E-state index < -0.39 is 4.92 Å². The maximum Gasteiger partial charge on any atom is 0.305 e. The van der Waals surface area contributed by atoms with Crippen LogP contribution in [0.25, 0.3) is 0 Å². The van der Waals surface area contributed by atoms with Gasteiger partial charge in [-0.2, -0.15) is 0 Å². The molecule has 0 radical (unpaired) electrons. The molecule has 0 unspecified atom stereocenters. The van der Waals surface area contributed by atoms with Crippen LogP contribution >= 0.6 is 11.3 Å². The zero-order valence-electron chi connectivity index (χ0n) is 11.6. The summed E-state index contributed by atoms with van der Waals surface area (Å²) < 4.78 is 0. The molecule has 0 spiro atoms. The van der Waals surface area contributed by atoms with E-state index in [1.807, 2.05) is 22.4 Å². The number of aromatic nitrogens is 2. The number of amides is 1. The first-order chi connectivity index (χ1) is 10.6. The molecule has 8 nitrogen and oxygen atoms in total. The van der Waals surface area contributed by atoms with Crippen LogP contribution in [-0.4, -0.2) is 51.9 Å². The topological polar surface area (TPSA) is 92.5 Å². The third-order valence-electron chi connectivity index (χ3n) is 3.42. The summed E-state index contributed by atoms with van der Waals surface area (Å²) >= 11 is 1.43. The molecule has 1 fully saturated rings. The van der Waals surface area contributed by atoms with Crippen LogP contribution in [0.5, 0.6) is 0 Å². The molecule has 0 bridgehead atoms. The molecule has 3 rings (SSSR count). The van der Waals surface area contributed by atoms with Gasteiger partial charge in [-0.1, -0.05) is 6.07 Å². The molecular formula is C13H13N5O3S. The molecule has 0 aromatic carbocycles. The lowest BCUT2D eigenvalue weighted by atomic mass is 10.3. The van der Waals surface area contributed by atoms with Crippen molar-refractivity contribution in [2.75, 3.05) is 31.1 Å². The van der Waals surface area contributed by atoms with Crippen LogP contribution in [0, 0.1) is 10.1 Å². The molecule has 1 amide bonds. The van der Waals surface area contributed by atoms with Crippen LogP contribution in [0.1, 0.15) is 9.67 Å². The lowest BCUT2D eigenvalue weighted by molar-refractivity contribution is -0.385. The van der Waals surface area contributed by atoms with Crippen LogP contribution in [0.3, 0.4) is 0 Å². The smallest absolute Gasteiger partial charge is 0.305 e. The molecular weight excluding hydrogens is 306 g/mol. The molecule has 2 aromatic heterocycles. The van der Waals surface area contributed by atoms with E-state index in [1.54, 1.807) is 4.90 Å². The van der Waals surface area contributed by atoms with Gasteiger partial charge in [0.25, 0.3) is 5.91 Å². The number of hydrogen-bond donors (Lipinski definition) is 0. The first-order valence-electron chi connectivity index (χ1n) is 6.69. The van der Waals surface area contributed by atoms with Gasteiger partial charge < -0.3 is 9.80 Å². The van der Waals surface area contributed by atoms with E-state index in [2.05, 4.69) is 9.97 Å². The van der Waals surface area contributed by atoms with Crippen LogP contribution < -0.4 is 4.90 Å². The van der Waals surface area contributed by atoms with Crippen molar-refractivity contribution in [1.82, 2.24) is 14.9 Å².